The molecule has 4 aromatic rings. The number of ether oxygens (including phenoxy) is 5. The van der Waals surface area contributed by atoms with E-state index in [1.807, 2.05) is 0 Å². The van der Waals surface area contributed by atoms with Crippen molar-refractivity contribution in [3.05, 3.63) is 144 Å². The average Bonchev–Trinajstić information content (AvgIpc) is 3.33. The third-order valence-electron chi connectivity index (χ3n) is 7.31. The Morgan fingerprint density at radius 1 is 0.568 bits per heavy atom. The van der Waals surface area contributed by atoms with Crippen LogP contribution in [0.15, 0.2) is 121 Å². The molecule has 1 fully saturated rings. The predicted octanol–water partition coefficient (Wildman–Crippen LogP) is 5.51. The van der Waals surface area contributed by atoms with Gasteiger partial charge < -0.3 is 23.7 Å². The molecule has 5 rings (SSSR count). The first kappa shape index (κ1) is 30.2. The van der Waals surface area contributed by atoms with Crippen molar-refractivity contribution in [3.8, 4) is 0 Å². The van der Waals surface area contributed by atoms with Gasteiger partial charge in [0.1, 0.15) is 19.3 Å². The fourth-order valence-electron chi connectivity index (χ4n) is 4.76. The van der Waals surface area contributed by atoms with Crippen LogP contribution in [-0.4, -0.2) is 55.6 Å². The first-order valence-electron chi connectivity index (χ1n) is 14.0. The van der Waals surface area contributed by atoms with Crippen LogP contribution in [0.1, 0.15) is 48.4 Å². The Balaban J connectivity index is 1.45. The third kappa shape index (κ3) is 7.02. The molecule has 0 aliphatic carbocycles. The van der Waals surface area contributed by atoms with Crippen molar-refractivity contribution >= 4 is 23.9 Å². The van der Waals surface area contributed by atoms with Crippen LogP contribution < -0.4 is 0 Å². The number of carbonyl (C=O) groups is 4. The minimum Gasteiger partial charge on any atom is -0.461 e. The molecule has 0 N–H and O–H groups in total. The van der Waals surface area contributed by atoms with Crippen molar-refractivity contribution in [2.75, 3.05) is 13.2 Å². The van der Waals surface area contributed by atoms with Crippen LogP contribution in [0, 0.1) is 5.41 Å². The highest BCUT2D eigenvalue weighted by Crippen LogP contribution is 2.43. The Bertz CT molecular complexity index is 1580. The van der Waals surface area contributed by atoms with Gasteiger partial charge in [-0.05, 0) is 55.5 Å². The molecule has 0 spiro atoms. The van der Waals surface area contributed by atoms with E-state index in [2.05, 4.69) is 0 Å². The van der Waals surface area contributed by atoms with E-state index in [-0.39, 0.29) is 24.3 Å². The van der Waals surface area contributed by atoms with E-state index in [4.69, 9.17) is 23.7 Å². The second-order valence-corrected chi connectivity index (χ2v) is 10.4. The third-order valence-corrected chi connectivity index (χ3v) is 7.31. The first-order valence-corrected chi connectivity index (χ1v) is 14.0. The van der Waals surface area contributed by atoms with E-state index in [1.54, 1.807) is 128 Å². The van der Waals surface area contributed by atoms with Crippen LogP contribution in [-0.2, 0) is 23.7 Å². The number of esters is 4. The van der Waals surface area contributed by atoms with Crippen molar-refractivity contribution in [2.45, 2.75) is 25.4 Å². The normalized spacial score (nSPS) is 20.7. The molecular weight excluding hydrogens is 564 g/mol. The molecule has 0 saturated carbocycles. The highest BCUT2D eigenvalue weighted by atomic mass is 16.7. The number of hydrogen-bond donors (Lipinski definition) is 0. The molecule has 1 aliphatic rings. The molecule has 0 amide bonds. The topological polar surface area (TPSA) is 114 Å². The van der Waals surface area contributed by atoms with E-state index in [1.165, 1.54) is 0 Å². The van der Waals surface area contributed by atoms with Gasteiger partial charge >= 0.3 is 23.9 Å². The van der Waals surface area contributed by atoms with Gasteiger partial charge in [-0.3, -0.25) is 0 Å². The summed E-state index contributed by atoms with van der Waals surface area (Å²) in [5, 5.41) is 0. The lowest BCUT2D eigenvalue weighted by Gasteiger charge is -2.33. The highest BCUT2D eigenvalue weighted by Gasteiger charge is 2.59. The van der Waals surface area contributed by atoms with Crippen LogP contribution in [0.2, 0.25) is 0 Å². The van der Waals surface area contributed by atoms with Gasteiger partial charge in [0.2, 0.25) is 6.29 Å². The standard InChI is InChI=1S/C35H30O9/c1-35(23-41-31(37)25-16-8-3-9-17-25)28(22-40-30(36)24-14-6-2-7-15-24)42-34(44-33(39)27-20-12-5-13-21-27)29(35)43-32(38)26-18-10-4-11-19-26/h2-21,28-29,34H,22-23H2,1H3/t28-,29+,34?,35+/m1/s1. The monoisotopic (exact) mass is 594 g/mol. The lowest BCUT2D eigenvalue weighted by Crippen LogP contribution is -2.47. The molecule has 224 valence electrons. The molecule has 4 aromatic carbocycles. The molecule has 9 heteroatoms. The molecular formula is C35H30O9. The van der Waals surface area contributed by atoms with Crippen LogP contribution in [0.25, 0.3) is 0 Å². The largest absolute Gasteiger partial charge is 0.461 e. The lowest BCUT2D eigenvalue weighted by molar-refractivity contribution is -0.141. The first-order chi connectivity index (χ1) is 21.3. The Labute approximate surface area is 254 Å². The second kappa shape index (κ2) is 13.8. The zero-order valence-corrected chi connectivity index (χ0v) is 23.9. The van der Waals surface area contributed by atoms with Gasteiger partial charge in [-0.25, -0.2) is 19.2 Å². The summed E-state index contributed by atoms with van der Waals surface area (Å²) in [6.07, 6.45) is -3.69. The molecule has 9 nitrogen and oxygen atoms in total. The molecule has 4 atom stereocenters. The second-order valence-electron chi connectivity index (χ2n) is 10.4. The number of hydrogen-bond acceptors (Lipinski definition) is 9. The fraction of sp³-hybridized carbons (Fsp3) is 0.200. The smallest absolute Gasteiger partial charge is 0.340 e. The minimum absolute atomic E-state index is 0.250. The molecule has 0 aromatic heterocycles. The Hall–Kier alpha value is -5.28. The quantitative estimate of drug-likeness (QED) is 0.173. The molecule has 44 heavy (non-hydrogen) atoms. The number of carbonyl (C=O) groups excluding carboxylic acids is 4. The van der Waals surface area contributed by atoms with Crippen molar-refractivity contribution in [2.24, 2.45) is 5.41 Å². The van der Waals surface area contributed by atoms with E-state index in [9.17, 15) is 19.2 Å². The SMILES string of the molecule is C[C@]1(COC(=O)c2ccccc2)[C@@H](COC(=O)c2ccccc2)OC(OC(=O)c2ccccc2)[C@@H]1OC(=O)c1ccccc1. The van der Waals surface area contributed by atoms with E-state index in [0.29, 0.717) is 11.1 Å². The summed E-state index contributed by atoms with van der Waals surface area (Å²) in [5.41, 5.74) is -0.189. The van der Waals surface area contributed by atoms with E-state index < -0.39 is 47.8 Å². The predicted molar refractivity (Wildman–Crippen MR) is 158 cm³/mol. The summed E-state index contributed by atoms with van der Waals surface area (Å²) in [5.74, 6) is -2.66. The molecule has 0 bridgehead atoms. The number of benzene rings is 4. The van der Waals surface area contributed by atoms with Gasteiger partial charge in [-0.1, -0.05) is 72.8 Å². The van der Waals surface area contributed by atoms with Crippen molar-refractivity contribution in [1.29, 1.82) is 0 Å². The lowest BCUT2D eigenvalue weighted by atomic mass is 9.81. The van der Waals surface area contributed by atoms with Gasteiger partial charge in [0.25, 0.3) is 0 Å². The van der Waals surface area contributed by atoms with E-state index in [0.717, 1.165) is 0 Å². The Kier molecular flexibility index (Phi) is 9.46. The molecule has 1 unspecified atom stereocenters. The Morgan fingerprint density at radius 3 is 1.41 bits per heavy atom. The summed E-state index contributed by atoms with van der Waals surface area (Å²) in [6.45, 7) is 1.03. The summed E-state index contributed by atoms with van der Waals surface area (Å²) >= 11 is 0. The van der Waals surface area contributed by atoms with Crippen LogP contribution in [0.5, 0.6) is 0 Å². The maximum Gasteiger partial charge on any atom is 0.340 e. The number of rotatable bonds is 10. The maximum absolute atomic E-state index is 13.3. The van der Waals surface area contributed by atoms with Crippen molar-refractivity contribution in [1.82, 2.24) is 0 Å². The average molecular weight is 595 g/mol. The molecule has 0 radical (unpaired) electrons. The Morgan fingerprint density at radius 2 is 0.955 bits per heavy atom. The fourth-order valence-corrected chi connectivity index (χ4v) is 4.76. The van der Waals surface area contributed by atoms with Gasteiger partial charge in [-0.15, -0.1) is 0 Å². The van der Waals surface area contributed by atoms with Crippen LogP contribution in [0.3, 0.4) is 0 Å². The van der Waals surface area contributed by atoms with Gasteiger partial charge in [-0.2, -0.15) is 0 Å². The zero-order valence-electron chi connectivity index (χ0n) is 23.9. The van der Waals surface area contributed by atoms with Crippen LogP contribution in [0.4, 0.5) is 0 Å². The molecule has 1 aliphatic heterocycles. The minimum atomic E-state index is -1.42. The summed E-state index contributed by atoms with van der Waals surface area (Å²) < 4.78 is 29.1. The van der Waals surface area contributed by atoms with Crippen LogP contribution >= 0.6 is 0 Å². The van der Waals surface area contributed by atoms with E-state index >= 15 is 0 Å². The maximum atomic E-state index is 13.3. The zero-order chi connectivity index (χ0) is 30.9. The van der Waals surface area contributed by atoms with Gasteiger partial charge in [0.05, 0.1) is 27.7 Å². The van der Waals surface area contributed by atoms with Crippen molar-refractivity contribution < 1.29 is 42.9 Å². The summed E-state index contributed by atoms with van der Waals surface area (Å²) in [7, 11) is 0. The molecule has 1 heterocycles. The summed E-state index contributed by atoms with van der Waals surface area (Å²) in [4.78, 5) is 52.2. The summed E-state index contributed by atoms with van der Waals surface area (Å²) in [6, 6.07) is 33.3. The van der Waals surface area contributed by atoms with Crippen molar-refractivity contribution in [3.63, 3.8) is 0 Å². The van der Waals surface area contributed by atoms with Gasteiger partial charge in [0.15, 0.2) is 6.10 Å². The highest BCUT2D eigenvalue weighted by molar-refractivity contribution is 5.91. The van der Waals surface area contributed by atoms with Gasteiger partial charge in [0, 0.05) is 0 Å². The molecule has 1 saturated heterocycles.